The number of thiophene rings is 1. The van der Waals surface area contributed by atoms with Crippen LogP contribution in [0.2, 0.25) is 0 Å². The lowest BCUT2D eigenvalue weighted by atomic mass is 10.3. The van der Waals surface area contributed by atoms with Gasteiger partial charge in [0.25, 0.3) is 0 Å². The summed E-state index contributed by atoms with van der Waals surface area (Å²) in [6.07, 6.45) is 0.785. The summed E-state index contributed by atoms with van der Waals surface area (Å²) in [4.78, 5) is 19.8. The van der Waals surface area contributed by atoms with Gasteiger partial charge >= 0.3 is 0 Å². The van der Waals surface area contributed by atoms with Crippen molar-refractivity contribution < 1.29 is 4.79 Å². The molecule has 0 atom stereocenters. The molecule has 1 aromatic carbocycles. The van der Waals surface area contributed by atoms with Gasteiger partial charge in [-0.15, -0.1) is 32.9 Å². The molecule has 3 aromatic heterocycles. The molecule has 0 aliphatic carbocycles. The van der Waals surface area contributed by atoms with E-state index in [9.17, 15) is 4.79 Å². The number of rotatable bonds is 7. The third-order valence-electron chi connectivity index (χ3n) is 4.25. The smallest absolute Gasteiger partial charge is 0.230 e. The van der Waals surface area contributed by atoms with Crippen LogP contribution in [0.25, 0.3) is 0 Å². The van der Waals surface area contributed by atoms with Gasteiger partial charge in [-0.1, -0.05) is 36.0 Å². The van der Waals surface area contributed by atoms with Crippen LogP contribution in [-0.2, 0) is 24.0 Å². The van der Waals surface area contributed by atoms with Gasteiger partial charge in [-0.3, -0.25) is 9.69 Å². The number of hydrogen-bond acceptors (Lipinski definition) is 7. The molecule has 0 unspecified atom stereocenters. The minimum absolute atomic E-state index is 0.0590. The molecule has 4 rings (SSSR count). The van der Waals surface area contributed by atoms with Crippen LogP contribution in [0.5, 0.6) is 0 Å². The molecule has 29 heavy (non-hydrogen) atoms. The van der Waals surface area contributed by atoms with E-state index in [1.54, 1.807) is 34.9 Å². The molecule has 0 aliphatic heterocycles. The van der Waals surface area contributed by atoms with Crippen LogP contribution < -0.4 is 4.90 Å². The highest BCUT2D eigenvalue weighted by Gasteiger charge is 2.18. The van der Waals surface area contributed by atoms with Crippen LogP contribution in [-0.4, -0.2) is 25.7 Å². The van der Waals surface area contributed by atoms with Gasteiger partial charge in [0, 0.05) is 36.4 Å². The summed E-state index contributed by atoms with van der Waals surface area (Å²) in [5.74, 6) is 1.55. The van der Waals surface area contributed by atoms with Gasteiger partial charge < -0.3 is 4.57 Å². The molecule has 148 valence electrons. The Morgan fingerprint density at radius 3 is 2.69 bits per heavy atom. The van der Waals surface area contributed by atoms with E-state index in [0.717, 1.165) is 28.8 Å². The first-order chi connectivity index (χ1) is 14.1. The molecular weight excluding hydrogens is 422 g/mol. The zero-order valence-corrected chi connectivity index (χ0v) is 18.4. The number of carbonyl (C=O) groups excluding carboxylic acids is 1. The lowest BCUT2D eigenvalue weighted by Gasteiger charge is -2.17. The summed E-state index contributed by atoms with van der Waals surface area (Å²) in [5, 5.41) is 14.2. The highest BCUT2D eigenvalue weighted by molar-refractivity contribution is 7.98. The van der Waals surface area contributed by atoms with Gasteiger partial charge in [-0.25, -0.2) is 4.98 Å². The monoisotopic (exact) mass is 441 g/mol. The largest absolute Gasteiger partial charge is 0.309 e. The van der Waals surface area contributed by atoms with E-state index in [1.807, 2.05) is 53.4 Å². The van der Waals surface area contributed by atoms with Crippen LogP contribution in [0.4, 0.5) is 10.8 Å². The lowest BCUT2D eigenvalue weighted by molar-refractivity contribution is -0.115. The number of para-hydroxylation sites is 1. The molecule has 1 amide bonds. The molecule has 0 fully saturated rings. The number of thiazole rings is 1. The zero-order chi connectivity index (χ0) is 20.2. The van der Waals surface area contributed by atoms with Crippen molar-refractivity contribution in [1.82, 2.24) is 19.7 Å². The first-order valence-corrected chi connectivity index (χ1v) is 11.7. The van der Waals surface area contributed by atoms with Crippen molar-refractivity contribution in [2.45, 2.75) is 24.3 Å². The average Bonchev–Trinajstić information content (AvgIpc) is 3.45. The maximum absolute atomic E-state index is 12.2. The molecule has 0 saturated heterocycles. The third-order valence-corrected chi connectivity index (χ3v) is 7.05. The van der Waals surface area contributed by atoms with Gasteiger partial charge in [0.15, 0.2) is 10.3 Å². The van der Waals surface area contributed by atoms with Crippen LogP contribution in [0, 0.1) is 0 Å². The molecule has 0 spiro atoms. The number of benzene rings is 1. The molecule has 0 bridgehead atoms. The average molecular weight is 442 g/mol. The van der Waals surface area contributed by atoms with Crippen molar-refractivity contribution in [2.24, 2.45) is 7.05 Å². The van der Waals surface area contributed by atoms with Crippen LogP contribution >= 0.6 is 34.4 Å². The first kappa shape index (κ1) is 19.8. The van der Waals surface area contributed by atoms with Crippen molar-refractivity contribution in [3.8, 4) is 0 Å². The summed E-state index contributed by atoms with van der Waals surface area (Å²) >= 11 is 4.79. The van der Waals surface area contributed by atoms with E-state index in [1.165, 1.54) is 16.2 Å². The number of aromatic nitrogens is 4. The van der Waals surface area contributed by atoms with Crippen LogP contribution in [0.1, 0.15) is 23.3 Å². The Morgan fingerprint density at radius 1 is 1.14 bits per heavy atom. The number of anilines is 2. The maximum Gasteiger partial charge on any atom is 0.230 e. The molecule has 6 nitrogen and oxygen atoms in total. The van der Waals surface area contributed by atoms with Gasteiger partial charge in [-0.05, 0) is 23.6 Å². The quantitative estimate of drug-likeness (QED) is 0.382. The molecular formula is C20H19N5OS3. The fourth-order valence-corrected chi connectivity index (χ4v) is 5.32. The van der Waals surface area contributed by atoms with E-state index in [4.69, 9.17) is 0 Å². The molecule has 4 aromatic rings. The Balaban J connectivity index is 1.45. The van der Waals surface area contributed by atoms with Crippen molar-refractivity contribution in [1.29, 1.82) is 0 Å². The Bertz CT molecular complexity index is 1090. The number of carbonyl (C=O) groups is 1. The van der Waals surface area contributed by atoms with Crippen LogP contribution in [0.15, 0.2) is 58.4 Å². The Kier molecular flexibility index (Phi) is 6.08. The summed E-state index contributed by atoms with van der Waals surface area (Å²) in [6.45, 7) is 1.55. The van der Waals surface area contributed by atoms with Crippen molar-refractivity contribution in [3.05, 3.63) is 69.6 Å². The van der Waals surface area contributed by atoms with E-state index in [0.29, 0.717) is 10.9 Å². The van der Waals surface area contributed by atoms with Crippen molar-refractivity contribution >= 4 is 51.2 Å². The maximum atomic E-state index is 12.2. The van der Waals surface area contributed by atoms with Gasteiger partial charge in [0.05, 0.1) is 11.4 Å². The lowest BCUT2D eigenvalue weighted by Crippen LogP contribution is -2.22. The van der Waals surface area contributed by atoms with Crippen molar-refractivity contribution in [2.75, 3.05) is 4.90 Å². The summed E-state index contributed by atoms with van der Waals surface area (Å²) < 4.78 is 2.03. The normalized spacial score (nSPS) is 11.0. The molecule has 0 aliphatic rings. The fraction of sp³-hybridized carbons (Fsp3) is 0.200. The van der Waals surface area contributed by atoms with Gasteiger partial charge in [-0.2, -0.15) is 0 Å². The van der Waals surface area contributed by atoms with Gasteiger partial charge in [0.2, 0.25) is 5.91 Å². The Labute approximate surface area is 181 Å². The standard InChI is InChI=1S/C20H19N5OS3/c1-14(26)25(16-7-4-3-5-8-16)19-21-15(12-28-19)13-29-20-23-22-18(24(20)2)11-17-9-6-10-27-17/h3-10,12H,11,13H2,1-2H3. The molecule has 3 heterocycles. The second-order valence-corrected chi connectivity index (χ2v) is 9.13. The number of hydrogen-bond donors (Lipinski definition) is 0. The highest BCUT2D eigenvalue weighted by atomic mass is 32.2. The predicted octanol–water partition coefficient (Wildman–Crippen LogP) is 4.90. The van der Waals surface area contributed by atoms with E-state index in [-0.39, 0.29) is 5.91 Å². The molecule has 0 radical (unpaired) electrons. The summed E-state index contributed by atoms with van der Waals surface area (Å²) in [7, 11) is 1.99. The molecule has 0 saturated carbocycles. The Hall–Kier alpha value is -2.49. The zero-order valence-electron chi connectivity index (χ0n) is 16.0. The number of thioether (sulfide) groups is 1. The van der Waals surface area contributed by atoms with Gasteiger partial charge in [0.1, 0.15) is 5.82 Å². The minimum atomic E-state index is -0.0590. The predicted molar refractivity (Wildman–Crippen MR) is 119 cm³/mol. The van der Waals surface area contributed by atoms with E-state index < -0.39 is 0 Å². The second kappa shape index (κ2) is 8.89. The second-order valence-electron chi connectivity index (χ2n) is 6.31. The molecule has 0 N–H and O–H groups in total. The van der Waals surface area contributed by atoms with E-state index >= 15 is 0 Å². The molecule has 9 heteroatoms. The minimum Gasteiger partial charge on any atom is -0.309 e. The third kappa shape index (κ3) is 4.58. The fourth-order valence-electron chi connectivity index (χ4n) is 2.80. The number of amides is 1. The van der Waals surface area contributed by atoms with E-state index in [2.05, 4.69) is 26.6 Å². The SMILES string of the molecule is CC(=O)N(c1ccccc1)c1nc(CSc2nnc(Cc3cccs3)n2C)cs1. The summed E-state index contributed by atoms with van der Waals surface area (Å²) in [5.41, 5.74) is 1.74. The number of nitrogens with zero attached hydrogens (tertiary/aromatic N) is 5. The first-order valence-electron chi connectivity index (χ1n) is 8.95. The van der Waals surface area contributed by atoms with Crippen LogP contribution in [0.3, 0.4) is 0 Å². The van der Waals surface area contributed by atoms with Crippen molar-refractivity contribution in [3.63, 3.8) is 0 Å². The topological polar surface area (TPSA) is 63.9 Å². The highest BCUT2D eigenvalue weighted by Crippen LogP contribution is 2.31. The Morgan fingerprint density at radius 2 is 1.97 bits per heavy atom. The summed E-state index contributed by atoms with van der Waals surface area (Å²) in [6, 6.07) is 13.7.